The van der Waals surface area contributed by atoms with E-state index in [1.165, 1.54) is 12.1 Å². The van der Waals surface area contributed by atoms with E-state index < -0.39 is 15.7 Å². The van der Waals surface area contributed by atoms with Crippen LogP contribution < -0.4 is 5.32 Å². The minimum absolute atomic E-state index is 0.0372. The summed E-state index contributed by atoms with van der Waals surface area (Å²) in [5, 5.41) is 16.5. The molecule has 0 amide bonds. The van der Waals surface area contributed by atoms with E-state index in [1.54, 1.807) is 0 Å². The standard InChI is InChI=1S/C11H12FN5O2S/c12-7-1-2-10-8(5-7)9(3-4-20(10,18)19)13-6-11-14-16-17-15-11/h1-2,5,9,13H,3-4,6H2,(H,14,15,16,17). The van der Waals surface area contributed by atoms with Crippen molar-refractivity contribution in [2.45, 2.75) is 23.9 Å². The van der Waals surface area contributed by atoms with Gasteiger partial charge in [0.25, 0.3) is 0 Å². The van der Waals surface area contributed by atoms with Gasteiger partial charge in [0, 0.05) is 6.04 Å². The lowest BCUT2D eigenvalue weighted by atomic mass is 10.0. The quantitative estimate of drug-likeness (QED) is 0.793. The lowest BCUT2D eigenvalue weighted by molar-refractivity contribution is 0.480. The third-order valence-electron chi connectivity index (χ3n) is 3.25. The molecule has 0 bridgehead atoms. The van der Waals surface area contributed by atoms with E-state index in [9.17, 15) is 12.8 Å². The average molecular weight is 297 g/mol. The van der Waals surface area contributed by atoms with E-state index in [4.69, 9.17) is 0 Å². The highest BCUT2D eigenvalue weighted by molar-refractivity contribution is 7.91. The summed E-state index contributed by atoms with van der Waals surface area (Å²) in [6.07, 6.45) is 0.386. The van der Waals surface area contributed by atoms with Crippen molar-refractivity contribution < 1.29 is 12.8 Å². The Hall–Kier alpha value is -1.87. The molecule has 1 atom stereocenters. The van der Waals surface area contributed by atoms with E-state index in [-0.39, 0.29) is 16.7 Å². The van der Waals surface area contributed by atoms with Crippen molar-refractivity contribution in [3.8, 4) is 0 Å². The molecule has 0 aliphatic carbocycles. The Labute approximate surface area is 114 Å². The highest BCUT2D eigenvalue weighted by Gasteiger charge is 2.30. The minimum Gasteiger partial charge on any atom is -0.303 e. The number of fused-ring (bicyclic) bond motifs is 1. The van der Waals surface area contributed by atoms with Crippen LogP contribution in [0.3, 0.4) is 0 Å². The highest BCUT2D eigenvalue weighted by Crippen LogP contribution is 2.32. The second kappa shape index (κ2) is 4.91. The Kier molecular flexibility index (Phi) is 3.22. The third kappa shape index (κ3) is 2.41. The van der Waals surface area contributed by atoms with Crippen LogP contribution in [0.4, 0.5) is 4.39 Å². The van der Waals surface area contributed by atoms with Gasteiger partial charge in [-0.25, -0.2) is 12.8 Å². The van der Waals surface area contributed by atoms with E-state index in [1.807, 2.05) is 0 Å². The number of aromatic amines is 1. The number of nitrogens with one attached hydrogen (secondary N) is 2. The van der Waals surface area contributed by atoms with Crippen molar-refractivity contribution in [2.75, 3.05) is 5.75 Å². The van der Waals surface area contributed by atoms with Gasteiger partial charge in [-0.3, -0.25) is 0 Å². The van der Waals surface area contributed by atoms with Crippen molar-refractivity contribution >= 4 is 9.84 Å². The number of nitrogens with zero attached hydrogens (tertiary/aromatic N) is 3. The first kappa shape index (κ1) is 13.1. The third-order valence-corrected chi connectivity index (χ3v) is 5.07. The molecule has 1 aliphatic rings. The zero-order valence-corrected chi connectivity index (χ0v) is 11.2. The zero-order valence-electron chi connectivity index (χ0n) is 10.4. The molecule has 1 unspecified atom stereocenters. The molecule has 20 heavy (non-hydrogen) atoms. The Morgan fingerprint density at radius 1 is 1.45 bits per heavy atom. The van der Waals surface area contributed by atoms with Gasteiger partial charge in [0.1, 0.15) is 5.82 Å². The number of sulfone groups is 1. The van der Waals surface area contributed by atoms with Crippen molar-refractivity contribution in [1.29, 1.82) is 0 Å². The molecule has 0 saturated carbocycles. The molecular weight excluding hydrogens is 285 g/mol. The molecule has 1 aliphatic heterocycles. The molecule has 2 aromatic rings. The summed E-state index contributed by atoms with van der Waals surface area (Å²) in [4.78, 5) is 0.191. The number of benzene rings is 1. The maximum Gasteiger partial charge on any atom is 0.188 e. The molecule has 0 fully saturated rings. The fraction of sp³-hybridized carbons (Fsp3) is 0.364. The first-order valence-electron chi connectivity index (χ1n) is 6.04. The monoisotopic (exact) mass is 297 g/mol. The Morgan fingerprint density at radius 2 is 2.30 bits per heavy atom. The SMILES string of the molecule is O=S1(=O)CCC(NCc2nn[nH]n2)c2cc(F)ccc21. The van der Waals surface area contributed by atoms with Crippen LogP contribution in [0.2, 0.25) is 0 Å². The van der Waals surface area contributed by atoms with Gasteiger partial charge in [-0.1, -0.05) is 5.21 Å². The first-order valence-corrected chi connectivity index (χ1v) is 7.69. The largest absolute Gasteiger partial charge is 0.303 e. The summed E-state index contributed by atoms with van der Waals surface area (Å²) in [7, 11) is -3.32. The van der Waals surface area contributed by atoms with Crippen LogP contribution in [0.1, 0.15) is 23.9 Å². The number of H-pyrrole nitrogens is 1. The number of aromatic nitrogens is 4. The summed E-state index contributed by atoms with van der Waals surface area (Å²) in [6.45, 7) is 0.331. The van der Waals surface area contributed by atoms with Crippen LogP contribution in [0.15, 0.2) is 23.1 Å². The highest BCUT2D eigenvalue weighted by atomic mass is 32.2. The molecule has 1 aromatic heterocycles. The molecule has 0 saturated heterocycles. The van der Waals surface area contributed by atoms with E-state index in [0.717, 1.165) is 6.07 Å². The van der Waals surface area contributed by atoms with Gasteiger partial charge in [0.2, 0.25) is 0 Å². The van der Waals surface area contributed by atoms with Gasteiger partial charge >= 0.3 is 0 Å². The number of rotatable bonds is 3. The van der Waals surface area contributed by atoms with Crippen LogP contribution in [-0.4, -0.2) is 34.8 Å². The second-order valence-corrected chi connectivity index (χ2v) is 6.63. The topological polar surface area (TPSA) is 101 Å². The molecule has 0 spiro atoms. The summed E-state index contributed by atoms with van der Waals surface area (Å²) < 4.78 is 37.3. The molecule has 9 heteroatoms. The van der Waals surface area contributed by atoms with Crippen molar-refractivity contribution in [3.63, 3.8) is 0 Å². The van der Waals surface area contributed by atoms with Gasteiger partial charge in [-0.05, 0) is 30.2 Å². The van der Waals surface area contributed by atoms with E-state index in [0.29, 0.717) is 24.4 Å². The molecule has 3 rings (SSSR count). The van der Waals surface area contributed by atoms with Crippen molar-refractivity contribution in [1.82, 2.24) is 25.9 Å². The van der Waals surface area contributed by atoms with Gasteiger partial charge in [0.15, 0.2) is 15.7 Å². The van der Waals surface area contributed by atoms with Gasteiger partial charge in [-0.15, -0.1) is 10.2 Å². The summed E-state index contributed by atoms with van der Waals surface area (Å²) in [5.41, 5.74) is 0.458. The molecule has 7 nitrogen and oxygen atoms in total. The molecule has 2 N–H and O–H groups in total. The van der Waals surface area contributed by atoms with Gasteiger partial charge < -0.3 is 5.32 Å². The molecule has 2 heterocycles. The number of halogens is 1. The average Bonchev–Trinajstić information content (AvgIpc) is 2.90. The van der Waals surface area contributed by atoms with Gasteiger partial charge in [-0.2, -0.15) is 5.21 Å². The zero-order chi connectivity index (χ0) is 14.2. The number of hydrogen-bond acceptors (Lipinski definition) is 6. The normalized spacial score (nSPS) is 20.6. The summed E-state index contributed by atoms with van der Waals surface area (Å²) in [5.74, 6) is 0.0545. The molecule has 0 radical (unpaired) electrons. The molecule has 1 aromatic carbocycles. The van der Waals surface area contributed by atoms with Crippen LogP contribution >= 0.6 is 0 Å². The fourth-order valence-electron chi connectivity index (χ4n) is 2.30. The predicted octanol–water partition coefficient (Wildman–Crippen LogP) is 0.347. The Morgan fingerprint density at radius 3 is 3.05 bits per heavy atom. The van der Waals surface area contributed by atoms with Crippen LogP contribution in [0.25, 0.3) is 0 Å². The maximum atomic E-state index is 13.4. The smallest absolute Gasteiger partial charge is 0.188 e. The molecule has 106 valence electrons. The molecular formula is C11H12FN5O2S. The Bertz CT molecular complexity index is 716. The lowest BCUT2D eigenvalue weighted by Gasteiger charge is -2.26. The minimum atomic E-state index is -3.32. The fourth-order valence-corrected chi connectivity index (χ4v) is 3.90. The number of tetrazole rings is 1. The van der Waals surface area contributed by atoms with Crippen LogP contribution in [-0.2, 0) is 16.4 Å². The first-order chi connectivity index (χ1) is 9.56. The van der Waals surface area contributed by atoms with E-state index in [2.05, 4.69) is 25.9 Å². The number of hydrogen-bond donors (Lipinski definition) is 2. The van der Waals surface area contributed by atoms with E-state index >= 15 is 0 Å². The summed E-state index contributed by atoms with van der Waals surface area (Å²) in [6, 6.07) is 3.50. The van der Waals surface area contributed by atoms with Crippen LogP contribution in [0.5, 0.6) is 0 Å². The lowest BCUT2D eigenvalue weighted by Crippen LogP contribution is -2.30. The summed E-state index contributed by atoms with van der Waals surface area (Å²) >= 11 is 0. The van der Waals surface area contributed by atoms with Gasteiger partial charge in [0.05, 0.1) is 17.2 Å². The second-order valence-electron chi connectivity index (χ2n) is 4.55. The van der Waals surface area contributed by atoms with Crippen molar-refractivity contribution in [2.24, 2.45) is 0 Å². The van der Waals surface area contributed by atoms with Crippen LogP contribution in [0, 0.1) is 5.82 Å². The predicted molar refractivity (Wildman–Crippen MR) is 66.8 cm³/mol. The Balaban J connectivity index is 1.89. The maximum absolute atomic E-state index is 13.4. The van der Waals surface area contributed by atoms with Crippen molar-refractivity contribution in [3.05, 3.63) is 35.4 Å².